The molecule has 0 aliphatic heterocycles. The second-order valence-corrected chi connectivity index (χ2v) is 3.43. The van der Waals surface area contributed by atoms with Crippen LogP contribution in [0.25, 0.3) is 0 Å². The van der Waals surface area contributed by atoms with Gasteiger partial charge in [0.25, 0.3) is 0 Å². The van der Waals surface area contributed by atoms with E-state index in [0.29, 0.717) is 12.8 Å². The molecular weight excluding hydrogens is 184 g/mol. The van der Waals surface area contributed by atoms with Gasteiger partial charge in [0.1, 0.15) is 6.10 Å². The van der Waals surface area contributed by atoms with Gasteiger partial charge in [-0.15, -0.1) is 0 Å². The summed E-state index contributed by atoms with van der Waals surface area (Å²) in [5, 5.41) is 9.67. The highest BCUT2D eigenvalue weighted by molar-refractivity contribution is 4.88. The molecule has 0 aromatic rings. The van der Waals surface area contributed by atoms with E-state index in [1.165, 1.54) is 6.26 Å². The smallest absolute Gasteiger partial charge is 0.126 e. The normalized spacial score (nSPS) is 37.9. The first-order valence-electron chi connectivity index (χ1n) is 4.73. The van der Waals surface area contributed by atoms with Crippen LogP contribution in [0.4, 0.5) is 0 Å². The molecule has 1 N–H and O–H groups in total. The fraction of sp³-hybridized carbons (Fsp3) is 0.800. The molecular formula is C10H18O4. The molecule has 82 valence electrons. The molecule has 4 atom stereocenters. The molecule has 1 fully saturated rings. The molecule has 1 aliphatic rings. The van der Waals surface area contributed by atoms with E-state index in [4.69, 9.17) is 14.2 Å². The number of methoxy groups -OCH3 is 2. The molecule has 1 rings (SSSR count). The maximum atomic E-state index is 9.67. The average molecular weight is 202 g/mol. The lowest BCUT2D eigenvalue weighted by Crippen LogP contribution is -2.47. The summed E-state index contributed by atoms with van der Waals surface area (Å²) in [6, 6.07) is 0. The third-order valence-corrected chi connectivity index (χ3v) is 2.66. The minimum absolute atomic E-state index is 0.0779. The van der Waals surface area contributed by atoms with Gasteiger partial charge < -0.3 is 19.3 Å². The Morgan fingerprint density at radius 2 is 1.79 bits per heavy atom. The molecule has 0 saturated heterocycles. The molecule has 0 heterocycles. The Balaban J connectivity index is 2.58. The van der Waals surface area contributed by atoms with Gasteiger partial charge in [-0.3, -0.25) is 0 Å². The van der Waals surface area contributed by atoms with Crippen LogP contribution in [0, 0.1) is 0 Å². The van der Waals surface area contributed by atoms with Gasteiger partial charge in [-0.2, -0.15) is 0 Å². The Kier molecular flexibility index (Phi) is 4.38. The lowest BCUT2D eigenvalue weighted by Gasteiger charge is -2.36. The highest BCUT2D eigenvalue weighted by atomic mass is 16.5. The number of ether oxygens (including phenoxy) is 3. The minimum atomic E-state index is -0.477. The molecule has 0 amide bonds. The van der Waals surface area contributed by atoms with E-state index in [2.05, 4.69) is 6.58 Å². The SMILES string of the molecule is C=COC1CC(OC)C(O)CC1OC. The molecule has 4 heteroatoms. The Labute approximate surface area is 84.5 Å². The van der Waals surface area contributed by atoms with E-state index in [-0.39, 0.29) is 18.3 Å². The lowest BCUT2D eigenvalue weighted by molar-refractivity contribution is -0.131. The second kappa shape index (κ2) is 5.34. The van der Waals surface area contributed by atoms with Crippen molar-refractivity contribution in [3.63, 3.8) is 0 Å². The number of aliphatic hydroxyl groups is 1. The summed E-state index contributed by atoms with van der Waals surface area (Å²) >= 11 is 0. The van der Waals surface area contributed by atoms with Crippen LogP contribution in [0.5, 0.6) is 0 Å². The van der Waals surface area contributed by atoms with Gasteiger partial charge in [0.15, 0.2) is 0 Å². The quantitative estimate of drug-likeness (QED) is 0.682. The van der Waals surface area contributed by atoms with Crippen molar-refractivity contribution in [2.75, 3.05) is 14.2 Å². The van der Waals surface area contributed by atoms with Gasteiger partial charge in [0, 0.05) is 27.1 Å². The Bertz CT molecular complexity index is 183. The molecule has 4 unspecified atom stereocenters. The Morgan fingerprint density at radius 3 is 2.29 bits per heavy atom. The lowest BCUT2D eigenvalue weighted by atomic mass is 9.89. The van der Waals surface area contributed by atoms with Gasteiger partial charge in [0.05, 0.1) is 24.6 Å². The predicted octanol–water partition coefficient (Wildman–Crippen LogP) is 0.700. The van der Waals surface area contributed by atoms with Crippen molar-refractivity contribution in [2.45, 2.75) is 37.3 Å². The summed E-state index contributed by atoms with van der Waals surface area (Å²) in [6.07, 6.45) is 1.75. The van der Waals surface area contributed by atoms with Crippen molar-refractivity contribution in [1.29, 1.82) is 0 Å². The number of hydrogen-bond donors (Lipinski definition) is 1. The van der Waals surface area contributed by atoms with E-state index in [1.54, 1.807) is 14.2 Å². The Hall–Kier alpha value is -0.580. The van der Waals surface area contributed by atoms with Crippen LogP contribution < -0.4 is 0 Å². The third-order valence-electron chi connectivity index (χ3n) is 2.66. The zero-order valence-electron chi connectivity index (χ0n) is 8.68. The van der Waals surface area contributed by atoms with Crippen LogP contribution >= 0.6 is 0 Å². The topological polar surface area (TPSA) is 47.9 Å². The highest BCUT2D eigenvalue weighted by Gasteiger charge is 2.37. The van der Waals surface area contributed by atoms with Crippen molar-refractivity contribution in [3.8, 4) is 0 Å². The number of hydrogen-bond acceptors (Lipinski definition) is 4. The molecule has 0 aromatic heterocycles. The van der Waals surface area contributed by atoms with Crippen LogP contribution in [0.3, 0.4) is 0 Å². The minimum Gasteiger partial charge on any atom is -0.496 e. The first-order chi connectivity index (χ1) is 6.72. The van der Waals surface area contributed by atoms with E-state index in [0.717, 1.165) is 0 Å². The molecule has 1 aliphatic carbocycles. The molecule has 1 saturated carbocycles. The summed E-state index contributed by atoms with van der Waals surface area (Å²) in [5.41, 5.74) is 0. The van der Waals surface area contributed by atoms with Crippen molar-refractivity contribution in [3.05, 3.63) is 12.8 Å². The van der Waals surface area contributed by atoms with E-state index in [1.807, 2.05) is 0 Å². The molecule has 0 aromatic carbocycles. The van der Waals surface area contributed by atoms with Gasteiger partial charge in [-0.25, -0.2) is 0 Å². The van der Waals surface area contributed by atoms with Crippen molar-refractivity contribution >= 4 is 0 Å². The zero-order valence-corrected chi connectivity index (χ0v) is 8.68. The first kappa shape index (κ1) is 11.5. The highest BCUT2D eigenvalue weighted by Crippen LogP contribution is 2.26. The molecule has 0 spiro atoms. The van der Waals surface area contributed by atoms with Crippen LogP contribution in [-0.4, -0.2) is 43.7 Å². The largest absolute Gasteiger partial charge is 0.496 e. The van der Waals surface area contributed by atoms with E-state index < -0.39 is 6.10 Å². The average Bonchev–Trinajstić information content (AvgIpc) is 2.20. The van der Waals surface area contributed by atoms with Crippen LogP contribution in [0.1, 0.15) is 12.8 Å². The van der Waals surface area contributed by atoms with Gasteiger partial charge in [0.2, 0.25) is 0 Å². The first-order valence-corrected chi connectivity index (χ1v) is 4.73. The van der Waals surface area contributed by atoms with Crippen molar-refractivity contribution in [2.24, 2.45) is 0 Å². The van der Waals surface area contributed by atoms with E-state index in [9.17, 15) is 5.11 Å². The molecule has 4 nitrogen and oxygen atoms in total. The van der Waals surface area contributed by atoms with Gasteiger partial charge >= 0.3 is 0 Å². The van der Waals surface area contributed by atoms with Crippen LogP contribution in [0.2, 0.25) is 0 Å². The molecule has 14 heavy (non-hydrogen) atoms. The third kappa shape index (κ3) is 2.47. The van der Waals surface area contributed by atoms with E-state index >= 15 is 0 Å². The number of rotatable bonds is 4. The summed E-state index contributed by atoms with van der Waals surface area (Å²) in [5.74, 6) is 0. The molecule has 0 bridgehead atoms. The van der Waals surface area contributed by atoms with Crippen LogP contribution in [-0.2, 0) is 14.2 Å². The monoisotopic (exact) mass is 202 g/mol. The summed E-state index contributed by atoms with van der Waals surface area (Å²) in [4.78, 5) is 0. The maximum absolute atomic E-state index is 9.67. The Morgan fingerprint density at radius 1 is 1.14 bits per heavy atom. The number of aliphatic hydroxyl groups excluding tert-OH is 1. The maximum Gasteiger partial charge on any atom is 0.126 e. The summed E-state index contributed by atoms with van der Waals surface area (Å²) < 4.78 is 15.7. The standard InChI is InChI=1S/C10H18O4/c1-4-14-10-6-8(12-2)7(11)5-9(10)13-3/h4,7-11H,1,5-6H2,2-3H3. The van der Waals surface area contributed by atoms with Gasteiger partial charge in [-0.1, -0.05) is 6.58 Å². The fourth-order valence-electron chi connectivity index (χ4n) is 1.85. The predicted molar refractivity (Wildman–Crippen MR) is 51.9 cm³/mol. The summed E-state index contributed by atoms with van der Waals surface area (Å²) in [6.45, 7) is 3.51. The zero-order chi connectivity index (χ0) is 10.6. The van der Waals surface area contributed by atoms with Gasteiger partial charge in [-0.05, 0) is 0 Å². The fourth-order valence-corrected chi connectivity index (χ4v) is 1.85. The summed E-state index contributed by atoms with van der Waals surface area (Å²) in [7, 11) is 3.20. The van der Waals surface area contributed by atoms with Crippen molar-refractivity contribution in [1.82, 2.24) is 0 Å². The van der Waals surface area contributed by atoms with Crippen LogP contribution in [0.15, 0.2) is 12.8 Å². The second-order valence-electron chi connectivity index (χ2n) is 3.43. The van der Waals surface area contributed by atoms with Crippen molar-refractivity contribution < 1.29 is 19.3 Å². The molecule has 0 radical (unpaired) electrons.